The standard InChI is InChI=1S/C23H23ClN4O5/c1-23(13-29,28-21(30)16-11-25-14-26-12-16)22(31)27-10-15-3-5-17(6-4-15)33-20-8-7-18(32-2)9-19(20)24/h3-9,11-12,14,29H,10,13H2,1-2H3,(H,27,31)(H,28,30)/t23-/m1/s1. The maximum atomic E-state index is 12.7. The average Bonchev–Trinajstić information content (AvgIpc) is 2.84. The van der Waals surface area contributed by atoms with Gasteiger partial charge in [0.2, 0.25) is 5.91 Å². The lowest BCUT2D eigenvalue weighted by molar-refractivity contribution is -0.128. The van der Waals surface area contributed by atoms with Crippen LogP contribution in [-0.2, 0) is 11.3 Å². The molecule has 9 nitrogen and oxygen atoms in total. The Labute approximate surface area is 195 Å². The highest BCUT2D eigenvalue weighted by atomic mass is 35.5. The van der Waals surface area contributed by atoms with Gasteiger partial charge in [-0.3, -0.25) is 9.59 Å². The lowest BCUT2D eigenvalue weighted by atomic mass is 10.0. The Morgan fingerprint density at radius 3 is 2.36 bits per heavy atom. The van der Waals surface area contributed by atoms with Crippen molar-refractivity contribution in [3.8, 4) is 17.2 Å². The summed E-state index contributed by atoms with van der Waals surface area (Å²) in [7, 11) is 1.55. The van der Waals surface area contributed by atoms with Gasteiger partial charge in [-0.2, -0.15) is 0 Å². The van der Waals surface area contributed by atoms with Gasteiger partial charge in [-0.15, -0.1) is 0 Å². The molecule has 0 unspecified atom stereocenters. The van der Waals surface area contributed by atoms with Crippen LogP contribution in [0.3, 0.4) is 0 Å². The summed E-state index contributed by atoms with van der Waals surface area (Å²) in [4.78, 5) is 32.5. The van der Waals surface area contributed by atoms with Crippen LogP contribution in [0.4, 0.5) is 0 Å². The van der Waals surface area contributed by atoms with Gasteiger partial charge in [-0.25, -0.2) is 9.97 Å². The second-order valence-electron chi connectivity index (χ2n) is 7.30. The van der Waals surface area contributed by atoms with Crippen molar-refractivity contribution in [2.45, 2.75) is 19.0 Å². The number of nitrogens with zero attached hydrogens (tertiary/aromatic N) is 2. The van der Waals surface area contributed by atoms with Crippen molar-refractivity contribution in [3.63, 3.8) is 0 Å². The maximum absolute atomic E-state index is 12.7. The summed E-state index contributed by atoms with van der Waals surface area (Å²) in [5.41, 5.74) is -0.557. The van der Waals surface area contributed by atoms with E-state index < -0.39 is 24.0 Å². The van der Waals surface area contributed by atoms with Crippen molar-refractivity contribution in [2.75, 3.05) is 13.7 Å². The van der Waals surface area contributed by atoms with Gasteiger partial charge >= 0.3 is 0 Å². The number of halogens is 1. The Morgan fingerprint density at radius 2 is 1.76 bits per heavy atom. The second kappa shape index (κ2) is 10.8. The van der Waals surface area contributed by atoms with E-state index in [0.717, 1.165) is 5.56 Å². The molecular weight excluding hydrogens is 448 g/mol. The number of methoxy groups -OCH3 is 1. The number of hydrogen-bond acceptors (Lipinski definition) is 7. The number of aromatic nitrogens is 2. The molecule has 0 aliphatic rings. The highest BCUT2D eigenvalue weighted by Crippen LogP contribution is 2.32. The molecule has 0 saturated carbocycles. The SMILES string of the molecule is COc1ccc(Oc2ccc(CNC(=O)[C@@](C)(CO)NC(=O)c3cncnc3)cc2)c(Cl)c1. The number of carbonyl (C=O) groups excluding carboxylic acids is 2. The van der Waals surface area contributed by atoms with Crippen molar-refractivity contribution < 1.29 is 24.2 Å². The first-order valence-electron chi connectivity index (χ1n) is 9.91. The zero-order valence-corrected chi connectivity index (χ0v) is 18.8. The molecule has 1 aromatic heterocycles. The molecule has 0 spiro atoms. The lowest BCUT2D eigenvalue weighted by Crippen LogP contribution is -2.59. The summed E-state index contributed by atoms with van der Waals surface area (Å²) >= 11 is 6.20. The predicted octanol–water partition coefficient (Wildman–Crippen LogP) is 2.73. The minimum atomic E-state index is -1.53. The molecule has 0 saturated heterocycles. The third-order valence-corrected chi connectivity index (χ3v) is 5.07. The van der Waals surface area contributed by atoms with Crippen LogP contribution in [0.25, 0.3) is 0 Å². The molecule has 172 valence electrons. The van der Waals surface area contributed by atoms with Crippen LogP contribution in [-0.4, -0.2) is 46.1 Å². The first-order valence-corrected chi connectivity index (χ1v) is 10.3. The lowest BCUT2D eigenvalue weighted by Gasteiger charge is -2.27. The van der Waals surface area contributed by atoms with Gasteiger partial charge in [0.15, 0.2) is 0 Å². The van der Waals surface area contributed by atoms with Gasteiger partial charge in [-0.05, 0) is 36.8 Å². The molecule has 1 heterocycles. The van der Waals surface area contributed by atoms with Crippen molar-refractivity contribution in [3.05, 3.63) is 77.3 Å². The summed E-state index contributed by atoms with van der Waals surface area (Å²) in [5, 5.41) is 15.4. The van der Waals surface area contributed by atoms with Gasteiger partial charge in [0.05, 0.1) is 24.3 Å². The molecule has 2 amide bonds. The Hall–Kier alpha value is -3.69. The molecule has 0 aliphatic heterocycles. The molecule has 10 heteroatoms. The van der Waals surface area contributed by atoms with Crippen molar-refractivity contribution >= 4 is 23.4 Å². The molecule has 3 aromatic rings. The van der Waals surface area contributed by atoms with Gasteiger partial charge in [0.1, 0.15) is 29.1 Å². The second-order valence-corrected chi connectivity index (χ2v) is 7.70. The van der Waals surface area contributed by atoms with Crippen LogP contribution in [0, 0.1) is 0 Å². The number of ether oxygens (including phenoxy) is 2. The minimum Gasteiger partial charge on any atom is -0.497 e. The predicted molar refractivity (Wildman–Crippen MR) is 121 cm³/mol. The molecule has 3 rings (SSSR count). The van der Waals surface area contributed by atoms with Crippen LogP contribution in [0.5, 0.6) is 17.2 Å². The summed E-state index contributed by atoms with van der Waals surface area (Å²) in [6.45, 7) is 1.02. The van der Waals surface area contributed by atoms with Crippen LogP contribution in [0.2, 0.25) is 5.02 Å². The van der Waals surface area contributed by atoms with Crippen molar-refractivity contribution in [1.29, 1.82) is 0 Å². The molecule has 0 aliphatic carbocycles. The van der Waals surface area contributed by atoms with E-state index in [4.69, 9.17) is 21.1 Å². The summed E-state index contributed by atoms with van der Waals surface area (Å²) in [5.74, 6) is 0.564. The van der Waals surface area contributed by atoms with E-state index in [1.807, 2.05) is 0 Å². The zero-order chi connectivity index (χ0) is 23.8. The quantitative estimate of drug-likeness (QED) is 0.439. The van der Waals surface area contributed by atoms with Crippen molar-refractivity contribution in [1.82, 2.24) is 20.6 Å². The summed E-state index contributed by atoms with van der Waals surface area (Å²) in [6.07, 6.45) is 3.93. The molecule has 33 heavy (non-hydrogen) atoms. The van der Waals surface area contributed by atoms with Crippen LogP contribution >= 0.6 is 11.6 Å². The van der Waals surface area contributed by atoms with Crippen LogP contribution < -0.4 is 20.1 Å². The fourth-order valence-corrected chi connectivity index (χ4v) is 2.99. The number of benzene rings is 2. The topological polar surface area (TPSA) is 123 Å². The fraction of sp³-hybridized carbons (Fsp3) is 0.217. The number of rotatable bonds is 9. The van der Waals surface area contributed by atoms with Crippen LogP contribution in [0.15, 0.2) is 61.2 Å². The number of amides is 2. The Kier molecular flexibility index (Phi) is 7.81. The summed E-state index contributed by atoms with van der Waals surface area (Å²) < 4.78 is 10.9. The van der Waals surface area contributed by atoms with E-state index in [9.17, 15) is 14.7 Å². The number of carbonyl (C=O) groups is 2. The van der Waals surface area contributed by atoms with Gasteiger partial charge in [0, 0.05) is 25.0 Å². The third-order valence-electron chi connectivity index (χ3n) is 4.77. The molecule has 0 fully saturated rings. The van der Waals surface area contributed by atoms with Gasteiger partial charge < -0.3 is 25.2 Å². The highest BCUT2D eigenvalue weighted by molar-refractivity contribution is 6.32. The molecule has 3 N–H and O–H groups in total. The Balaban J connectivity index is 1.58. The van der Waals surface area contributed by atoms with E-state index >= 15 is 0 Å². The molecule has 0 bridgehead atoms. The fourth-order valence-electron chi connectivity index (χ4n) is 2.78. The number of aliphatic hydroxyl groups is 1. The van der Waals surface area contributed by atoms with Crippen molar-refractivity contribution in [2.24, 2.45) is 0 Å². The zero-order valence-electron chi connectivity index (χ0n) is 18.0. The Morgan fingerprint density at radius 1 is 1.09 bits per heavy atom. The largest absolute Gasteiger partial charge is 0.497 e. The third kappa shape index (κ3) is 6.18. The smallest absolute Gasteiger partial charge is 0.255 e. The minimum absolute atomic E-state index is 0.178. The summed E-state index contributed by atoms with van der Waals surface area (Å²) in [6, 6.07) is 12.2. The molecule has 1 atom stereocenters. The first-order chi connectivity index (χ1) is 15.8. The maximum Gasteiger partial charge on any atom is 0.255 e. The van der Waals surface area contributed by atoms with E-state index in [1.165, 1.54) is 25.6 Å². The van der Waals surface area contributed by atoms with E-state index in [1.54, 1.807) is 49.6 Å². The molecular formula is C23H23ClN4O5. The van der Waals surface area contributed by atoms with E-state index in [0.29, 0.717) is 22.3 Å². The number of nitrogens with one attached hydrogen (secondary N) is 2. The van der Waals surface area contributed by atoms with E-state index in [-0.39, 0.29) is 12.1 Å². The monoisotopic (exact) mass is 470 g/mol. The average molecular weight is 471 g/mol. The highest BCUT2D eigenvalue weighted by Gasteiger charge is 2.34. The Bertz CT molecular complexity index is 1110. The van der Waals surface area contributed by atoms with Crippen LogP contribution in [0.1, 0.15) is 22.8 Å². The van der Waals surface area contributed by atoms with Gasteiger partial charge in [0.25, 0.3) is 5.91 Å². The number of hydrogen-bond donors (Lipinski definition) is 3. The molecule has 0 radical (unpaired) electrons. The van der Waals surface area contributed by atoms with E-state index in [2.05, 4.69) is 20.6 Å². The van der Waals surface area contributed by atoms with Gasteiger partial charge in [-0.1, -0.05) is 23.7 Å². The molecule has 2 aromatic carbocycles. The normalized spacial score (nSPS) is 12.4. The first kappa shape index (κ1) is 24.0. The number of aliphatic hydroxyl groups excluding tert-OH is 1.